The molecule has 1 fully saturated rings. The van der Waals surface area contributed by atoms with Crippen molar-refractivity contribution in [1.29, 1.82) is 0 Å². The predicted octanol–water partition coefficient (Wildman–Crippen LogP) is 4.66. The number of hydrogen-bond acceptors (Lipinski definition) is 1. The molecule has 0 spiro atoms. The van der Waals surface area contributed by atoms with E-state index in [9.17, 15) is 4.79 Å². The third kappa shape index (κ3) is 4.53. The zero-order valence-electron chi connectivity index (χ0n) is 16.3. The van der Waals surface area contributed by atoms with E-state index in [1.807, 2.05) is 6.07 Å². The van der Waals surface area contributed by atoms with Crippen molar-refractivity contribution in [3.63, 3.8) is 0 Å². The van der Waals surface area contributed by atoms with Gasteiger partial charge >= 0.3 is 0 Å². The quantitative estimate of drug-likeness (QED) is 0.798. The van der Waals surface area contributed by atoms with Crippen molar-refractivity contribution in [2.45, 2.75) is 39.0 Å². The van der Waals surface area contributed by atoms with Gasteiger partial charge < -0.3 is 9.80 Å². The fraction of sp³-hybridized carbons (Fsp3) is 0.435. The minimum Gasteiger partial charge on any atom is -0.321 e. The standard InChI is InChI=1S/C23H30N2O/c1-18-9-7-10-19(2)23(18)24-22(26)17-25(3)15-8-13-21(14-16-25)20-11-5-4-6-12-20/h4-7,9-12,21H,8,13-17H2,1-3H3/p+1. The fourth-order valence-electron chi connectivity index (χ4n) is 4.20. The summed E-state index contributed by atoms with van der Waals surface area (Å²) in [6.07, 6.45) is 3.54. The predicted molar refractivity (Wildman–Crippen MR) is 108 cm³/mol. The summed E-state index contributed by atoms with van der Waals surface area (Å²) in [6.45, 7) is 6.78. The van der Waals surface area contributed by atoms with Crippen LogP contribution in [0, 0.1) is 13.8 Å². The lowest BCUT2D eigenvalue weighted by molar-refractivity contribution is -0.901. The van der Waals surface area contributed by atoms with Crippen LogP contribution in [0.25, 0.3) is 0 Å². The molecule has 2 aromatic rings. The monoisotopic (exact) mass is 351 g/mol. The molecule has 2 aromatic carbocycles. The van der Waals surface area contributed by atoms with Crippen molar-refractivity contribution in [2.75, 3.05) is 32.0 Å². The van der Waals surface area contributed by atoms with E-state index in [-0.39, 0.29) is 5.91 Å². The summed E-state index contributed by atoms with van der Waals surface area (Å²) < 4.78 is 0.833. The first-order valence-electron chi connectivity index (χ1n) is 9.71. The smallest absolute Gasteiger partial charge is 0.279 e. The maximum atomic E-state index is 12.7. The Kier molecular flexibility index (Phi) is 5.77. The number of carbonyl (C=O) groups is 1. The molecule has 1 saturated heterocycles. The van der Waals surface area contributed by atoms with Crippen LogP contribution in [-0.2, 0) is 4.79 Å². The van der Waals surface area contributed by atoms with Gasteiger partial charge in [-0.3, -0.25) is 4.79 Å². The second kappa shape index (κ2) is 8.05. The van der Waals surface area contributed by atoms with Gasteiger partial charge in [0.25, 0.3) is 5.91 Å². The number of anilines is 1. The molecule has 0 bridgehead atoms. The molecule has 2 atom stereocenters. The Hall–Kier alpha value is -2.13. The molecule has 1 aliphatic rings. The van der Waals surface area contributed by atoms with Crippen molar-refractivity contribution in [3.05, 3.63) is 65.2 Å². The summed E-state index contributed by atoms with van der Waals surface area (Å²) in [4.78, 5) is 12.7. The number of benzene rings is 2. The zero-order valence-corrected chi connectivity index (χ0v) is 16.3. The highest BCUT2D eigenvalue weighted by molar-refractivity contribution is 5.93. The first-order valence-corrected chi connectivity index (χ1v) is 9.71. The van der Waals surface area contributed by atoms with Crippen molar-refractivity contribution in [2.24, 2.45) is 0 Å². The summed E-state index contributed by atoms with van der Waals surface area (Å²) >= 11 is 0. The molecule has 0 aromatic heterocycles. The molecule has 138 valence electrons. The number of rotatable bonds is 4. The van der Waals surface area contributed by atoms with Gasteiger partial charge in [0, 0.05) is 12.1 Å². The molecule has 3 heteroatoms. The molecule has 3 rings (SSSR count). The van der Waals surface area contributed by atoms with Gasteiger partial charge in [0.05, 0.1) is 20.1 Å². The maximum Gasteiger partial charge on any atom is 0.279 e. The van der Waals surface area contributed by atoms with Crippen LogP contribution in [0.15, 0.2) is 48.5 Å². The van der Waals surface area contributed by atoms with E-state index in [4.69, 9.17) is 0 Å². The van der Waals surface area contributed by atoms with Gasteiger partial charge in [0.1, 0.15) is 0 Å². The minimum absolute atomic E-state index is 0.128. The van der Waals surface area contributed by atoms with Gasteiger partial charge in [-0.05, 0) is 49.3 Å². The van der Waals surface area contributed by atoms with Crippen LogP contribution in [0.1, 0.15) is 41.9 Å². The number of quaternary nitrogens is 1. The molecule has 0 aliphatic carbocycles. The number of hydrogen-bond donors (Lipinski definition) is 1. The van der Waals surface area contributed by atoms with E-state index in [0.717, 1.165) is 40.8 Å². The second-order valence-corrected chi connectivity index (χ2v) is 8.08. The molecular weight excluding hydrogens is 320 g/mol. The Morgan fingerprint density at radius 3 is 2.38 bits per heavy atom. The summed E-state index contributed by atoms with van der Waals surface area (Å²) in [5.74, 6) is 0.751. The maximum absolute atomic E-state index is 12.7. The van der Waals surface area contributed by atoms with Gasteiger partial charge in [0.2, 0.25) is 0 Å². The first-order chi connectivity index (χ1) is 12.5. The van der Waals surface area contributed by atoms with E-state index >= 15 is 0 Å². The number of para-hydroxylation sites is 1. The van der Waals surface area contributed by atoms with E-state index in [1.54, 1.807) is 0 Å². The van der Waals surface area contributed by atoms with Crippen LogP contribution in [0.4, 0.5) is 5.69 Å². The second-order valence-electron chi connectivity index (χ2n) is 8.08. The zero-order chi connectivity index (χ0) is 18.6. The number of carbonyl (C=O) groups excluding carboxylic acids is 1. The minimum atomic E-state index is 0.128. The lowest BCUT2D eigenvalue weighted by Crippen LogP contribution is -2.49. The molecule has 1 N–H and O–H groups in total. The van der Waals surface area contributed by atoms with E-state index < -0.39 is 0 Å². The average Bonchev–Trinajstić information content (AvgIpc) is 2.81. The lowest BCUT2D eigenvalue weighted by atomic mass is 9.92. The number of nitrogens with one attached hydrogen (secondary N) is 1. The Labute approximate surface area is 157 Å². The summed E-state index contributed by atoms with van der Waals surface area (Å²) in [6, 6.07) is 17.0. The molecule has 2 unspecified atom stereocenters. The summed E-state index contributed by atoms with van der Waals surface area (Å²) in [5.41, 5.74) is 4.67. The Balaban J connectivity index is 1.63. The highest BCUT2D eigenvalue weighted by atomic mass is 16.2. The van der Waals surface area contributed by atoms with Crippen molar-refractivity contribution >= 4 is 11.6 Å². The van der Waals surface area contributed by atoms with E-state index in [0.29, 0.717) is 12.5 Å². The number of aryl methyl sites for hydroxylation is 2. The Morgan fingerprint density at radius 2 is 1.69 bits per heavy atom. The Bertz CT molecular complexity index is 736. The largest absolute Gasteiger partial charge is 0.321 e. The molecule has 1 aliphatic heterocycles. The van der Waals surface area contributed by atoms with Gasteiger partial charge in [-0.25, -0.2) is 0 Å². The third-order valence-corrected chi connectivity index (χ3v) is 5.81. The highest BCUT2D eigenvalue weighted by Gasteiger charge is 2.30. The van der Waals surface area contributed by atoms with Crippen LogP contribution in [0.5, 0.6) is 0 Å². The van der Waals surface area contributed by atoms with Crippen LogP contribution in [0.2, 0.25) is 0 Å². The normalized spacial score (nSPS) is 23.3. The average molecular weight is 352 g/mol. The van der Waals surface area contributed by atoms with E-state index in [2.05, 4.69) is 68.7 Å². The van der Waals surface area contributed by atoms with Crippen LogP contribution < -0.4 is 5.32 Å². The van der Waals surface area contributed by atoms with Crippen LogP contribution in [0.3, 0.4) is 0 Å². The third-order valence-electron chi connectivity index (χ3n) is 5.81. The Morgan fingerprint density at radius 1 is 1.00 bits per heavy atom. The summed E-state index contributed by atoms with van der Waals surface area (Å²) in [5, 5.41) is 3.16. The van der Waals surface area contributed by atoms with Crippen LogP contribution in [-0.4, -0.2) is 37.1 Å². The molecular formula is C23H31N2O+. The van der Waals surface area contributed by atoms with Gasteiger partial charge in [-0.15, -0.1) is 0 Å². The lowest BCUT2D eigenvalue weighted by Gasteiger charge is -2.33. The number of likely N-dealkylation sites (N-methyl/N-ethyl adjacent to an activating group) is 1. The van der Waals surface area contributed by atoms with Gasteiger partial charge in [-0.2, -0.15) is 0 Å². The van der Waals surface area contributed by atoms with Crippen LogP contribution >= 0.6 is 0 Å². The first kappa shape index (κ1) is 18.7. The number of likely N-dealkylation sites (tertiary alicyclic amines) is 1. The molecule has 0 radical (unpaired) electrons. The molecule has 1 heterocycles. The molecule has 26 heavy (non-hydrogen) atoms. The number of amides is 1. The molecule has 0 saturated carbocycles. The van der Waals surface area contributed by atoms with Gasteiger partial charge in [0.15, 0.2) is 6.54 Å². The molecule has 1 amide bonds. The highest BCUT2D eigenvalue weighted by Crippen LogP contribution is 2.30. The topological polar surface area (TPSA) is 29.1 Å². The van der Waals surface area contributed by atoms with Gasteiger partial charge in [-0.1, -0.05) is 48.5 Å². The van der Waals surface area contributed by atoms with Crippen molar-refractivity contribution < 1.29 is 9.28 Å². The fourth-order valence-corrected chi connectivity index (χ4v) is 4.20. The molecule has 3 nitrogen and oxygen atoms in total. The SMILES string of the molecule is Cc1cccc(C)c1NC(=O)C[N+]1(C)CCCC(c2ccccc2)CC1. The summed E-state index contributed by atoms with van der Waals surface area (Å²) in [7, 11) is 2.23. The van der Waals surface area contributed by atoms with Crippen molar-refractivity contribution in [1.82, 2.24) is 0 Å². The van der Waals surface area contributed by atoms with Crippen molar-refractivity contribution in [3.8, 4) is 0 Å². The van der Waals surface area contributed by atoms with E-state index in [1.165, 1.54) is 18.4 Å². The number of nitrogens with zero attached hydrogens (tertiary/aromatic N) is 1.